The Morgan fingerprint density at radius 1 is 1.40 bits per heavy atom. The molecular weight excluding hydrogens is 320 g/mol. The van der Waals surface area contributed by atoms with Gasteiger partial charge in [0.05, 0.1) is 12.2 Å². The Morgan fingerprint density at radius 3 is 2.92 bits per heavy atom. The summed E-state index contributed by atoms with van der Waals surface area (Å²) in [6.45, 7) is 3.67. The van der Waals surface area contributed by atoms with E-state index in [2.05, 4.69) is 10.1 Å². The van der Waals surface area contributed by atoms with Crippen molar-refractivity contribution in [3.8, 4) is 6.07 Å². The van der Waals surface area contributed by atoms with Gasteiger partial charge in [0.1, 0.15) is 11.6 Å². The third kappa shape index (κ3) is 3.15. The van der Waals surface area contributed by atoms with E-state index in [1.807, 2.05) is 19.1 Å². The van der Waals surface area contributed by atoms with Crippen molar-refractivity contribution in [2.45, 2.75) is 20.3 Å². The Labute approximate surface area is 143 Å². The molecule has 7 nitrogen and oxygen atoms in total. The van der Waals surface area contributed by atoms with E-state index in [0.29, 0.717) is 28.0 Å². The number of aromatic amines is 1. The van der Waals surface area contributed by atoms with Crippen molar-refractivity contribution in [3.05, 3.63) is 68.8 Å². The molecule has 0 spiro atoms. The number of rotatable bonds is 4. The maximum absolute atomic E-state index is 12.5. The Morgan fingerprint density at radius 2 is 2.20 bits per heavy atom. The molecule has 3 rings (SSSR count). The van der Waals surface area contributed by atoms with Crippen LogP contribution >= 0.6 is 0 Å². The third-order valence-corrected chi connectivity index (χ3v) is 3.92. The molecule has 0 saturated carbocycles. The molecule has 1 N–H and O–H groups in total. The average molecular weight is 336 g/mol. The largest absolute Gasteiger partial charge is 0.462 e. The maximum Gasteiger partial charge on any atom is 0.338 e. The molecule has 0 aliphatic heterocycles. The molecule has 0 bridgehead atoms. The van der Waals surface area contributed by atoms with Crippen LogP contribution in [0.5, 0.6) is 0 Å². The molecule has 3 aromatic rings. The van der Waals surface area contributed by atoms with Crippen LogP contribution in [0.2, 0.25) is 0 Å². The van der Waals surface area contributed by atoms with Gasteiger partial charge in [-0.15, -0.1) is 0 Å². The van der Waals surface area contributed by atoms with Crippen LogP contribution in [-0.2, 0) is 11.2 Å². The average Bonchev–Trinajstić information content (AvgIpc) is 3.00. The topological polar surface area (TPSA) is 100 Å². The molecule has 2 aromatic heterocycles. The molecule has 0 atom stereocenters. The molecule has 7 heteroatoms. The zero-order valence-electron chi connectivity index (χ0n) is 13.9. The minimum atomic E-state index is -0.429. The van der Waals surface area contributed by atoms with E-state index in [4.69, 9.17) is 10.00 Å². The van der Waals surface area contributed by atoms with Crippen molar-refractivity contribution < 1.29 is 9.53 Å². The number of ether oxygens (including phenoxy) is 1. The van der Waals surface area contributed by atoms with Crippen LogP contribution in [0.15, 0.2) is 35.3 Å². The Bertz CT molecular complexity index is 1060. The quantitative estimate of drug-likeness (QED) is 0.734. The minimum Gasteiger partial charge on any atom is -0.462 e. The highest BCUT2D eigenvalue weighted by Gasteiger charge is 2.14. The minimum absolute atomic E-state index is 0.0718. The highest BCUT2D eigenvalue weighted by atomic mass is 16.5. The Hall–Kier alpha value is -3.40. The first kappa shape index (κ1) is 16.5. The van der Waals surface area contributed by atoms with Gasteiger partial charge < -0.3 is 4.74 Å². The van der Waals surface area contributed by atoms with Crippen molar-refractivity contribution in [2.75, 3.05) is 6.61 Å². The lowest BCUT2D eigenvalue weighted by atomic mass is 10.1. The second kappa shape index (κ2) is 6.61. The number of benzene rings is 1. The maximum atomic E-state index is 12.5. The SMILES string of the molecule is Cc1cccc(C(=O)OCCc2c(C)nc3c(C#N)c[nH]n3c2=O)c1. The summed E-state index contributed by atoms with van der Waals surface area (Å²) in [6, 6.07) is 9.10. The number of nitrogens with one attached hydrogen (secondary N) is 1. The van der Waals surface area contributed by atoms with Crippen LogP contribution in [0.3, 0.4) is 0 Å². The number of nitriles is 1. The number of aryl methyl sites for hydroxylation is 2. The molecule has 0 unspecified atom stereocenters. The summed E-state index contributed by atoms with van der Waals surface area (Å²) < 4.78 is 6.48. The number of aromatic nitrogens is 3. The number of carbonyl (C=O) groups is 1. The van der Waals surface area contributed by atoms with Crippen molar-refractivity contribution in [3.63, 3.8) is 0 Å². The van der Waals surface area contributed by atoms with Gasteiger partial charge in [0.15, 0.2) is 5.65 Å². The van der Waals surface area contributed by atoms with Crippen LogP contribution < -0.4 is 5.56 Å². The van der Waals surface area contributed by atoms with E-state index in [0.717, 1.165) is 5.56 Å². The fraction of sp³-hybridized carbons (Fsp3) is 0.222. The highest BCUT2D eigenvalue weighted by molar-refractivity contribution is 5.89. The van der Waals surface area contributed by atoms with E-state index in [1.54, 1.807) is 25.1 Å². The van der Waals surface area contributed by atoms with Gasteiger partial charge >= 0.3 is 5.97 Å². The summed E-state index contributed by atoms with van der Waals surface area (Å²) in [5, 5.41) is 11.7. The Balaban J connectivity index is 1.77. The summed E-state index contributed by atoms with van der Waals surface area (Å²) >= 11 is 0. The van der Waals surface area contributed by atoms with Gasteiger partial charge in [-0.3, -0.25) is 9.89 Å². The summed E-state index contributed by atoms with van der Waals surface area (Å²) in [4.78, 5) is 28.9. The van der Waals surface area contributed by atoms with E-state index >= 15 is 0 Å². The summed E-state index contributed by atoms with van der Waals surface area (Å²) in [5.41, 5.74) is 2.72. The summed E-state index contributed by atoms with van der Waals surface area (Å²) in [6.07, 6.45) is 1.68. The third-order valence-electron chi connectivity index (χ3n) is 3.92. The lowest BCUT2D eigenvalue weighted by Crippen LogP contribution is -2.23. The smallest absolute Gasteiger partial charge is 0.338 e. The van der Waals surface area contributed by atoms with Crippen LogP contribution in [0.4, 0.5) is 0 Å². The predicted molar refractivity (Wildman–Crippen MR) is 90.4 cm³/mol. The van der Waals surface area contributed by atoms with E-state index in [-0.39, 0.29) is 18.6 Å². The molecule has 1 aromatic carbocycles. The van der Waals surface area contributed by atoms with Gasteiger partial charge in [-0.05, 0) is 26.0 Å². The zero-order chi connectivity index (χ0) is 18.0. The van der Waals surface area contributed by atoms with Crippen LogP contribution in [0.1, 0.15) is 32.7 Å². The van der Waals surface area contributed by atoms with E-state index in [1.165, 1.54) is 10.7 Å². The molecular formula is C18H16N4O3. The van der Waals surface area contributed by atoms with Crippen LogP contribution in [-0.4, -0.2) is 27.2 Å². The van der Waals surface area contributed by atoms with Gasteiger partial charge in [-0.2, -0.15) is 5.26 Å². The number of esters is 1. The normalized spacial score (nSPS) is 10.6. The second-order valence-corrected chi connectivity index (χ2v) is 5.69. The van der Waals surface area contributed by atoms with Crippen LogP contribution in [0.25, 0.3) is 5.65 Å². The fourth-order valence-electron chi connectivity index (χ4n) is 2.63. The van der Waals surface area contributed by atoms with Crippen molar-refractivity contribution in [1.29, 1.82) is 5.26 Å². The van der Waals surface area contributed by atoms with Gasteiger partial charge in [-0.25, -0.2) is 14.3 Å². The lowest BCUT2D eigenvalue weighted by molar-refractivity contribution is 0.0508. The van der Waals surface area contributed by atoms with E-state index < -0.39 is 5.97 Å². The summed E-state index contributed by atoms with van der Waals surface area (Å²) in [7, 11) is 0. The molecule has 0 aliphatic carbocycles. The molecule has 0 fully saturated rings. The first-order chi connectivity index (χ1) is 12.0. The zero-order valence-corrected chi connectivity index (χ0v) is 13.9. The van der Waals surface area contributed by atoms with Gasteiger partial charge in [0.2, 0.25) is 0 Å². The number of fused-ring (bicyclic) bond motifs is 1. The van der Waals surface area contributed by atoms with Gasteiger partial charge in [-0.1, -0.05) is 17.7 Å². The molecule has 0 saturated heterocycles. The molecule has 0 radical (unpaired) electrons. The standard InChI is InChI=1S/C18H16N4O3/c1-11-4-3-5-13(8-11)18(24)25-7-6-15-12(2)21-16-14(9-19)10-20-22(16)17(15)23/h3-5,8,10,20H,6-7H2,1-2H3. The van der Waals surface area contributed by atoms with Gasteiger partial charge in [0, 0.05) is 23.9 Å². The molecule has 25 heavy (non-hydrogen) atoms. The number of carbonyl (C=O) groups excluding carboxylic acids is 1. The number of hydrogen-bond donors (Lipinski definition) is 1. The highest BCUT2D eigenvalue weighted by Crippen LogP contribution is 2.09. The first-order valence-electron chi connectivity index (χ1n) is 7.74. The summed E-state index contributed by atoms with van der Waals surface area (Å²) in [5.74, 6) is -0.429. The number of hydrogen-bond acceptors (Lipinski definition) is 5. The second-order valence-electron chi connectivity index (χ2n) is 5.69. The molecule has 126 valence electrons. The van der Waals surface area contributed by atoms with Crippen LogP contribution in [0, 0.1) is 25.2 Å². The number of nitrogens with zero attached hydrogens (tertiary/aromatic N) is 3. The number of H-pyrrole nitrogens is 1. The Kier molecular flexibility index (Phi) is 4.35. The fourth-order valence-corrected chi connectivity index (χ4v) is 2.63. The van der Waals surface area contributed by atoms with E-state index in [9.17, 15) is 9.59 Å². The van der Waals surface area contributed by atoms with Gasteiger partial charge in [0.25, 0.3) is 5.56 Å². The van der Waals surface area contributed by atoms with Crippen molar-refractivity contribution in [1.82, 2.24) is 14.6 Å². The molecule has 2 heterocycles. The lowest BCUT2D eigenvalue weighted by Gasteiger charge is -2.07. The predicted octanol–water partition coefficient (Wildman–Crippen LogP) is 1.91. The van der Waals surface area contributed by atoms with Crippen molar-refractivity contribution in [2.24, 2.45) is 0 Å². The van der Waals surface area contributed by atoms with Crippen molar-refractivity contribution >= 4 is 11.6 Å². The molecule has 0 aliphatic rings. The first-order valence-corrected chi connectivity index (χ1v) is 7.74. The molecule has 0 amide bonds. The monoisotopic (exact) mass is 336 g/mol.